The van der Waals surface area contributed by atoms with Crippen LogP contribution in [0.25, 0.3) is 10.9 Å². The summed E-state index contributed by atoms with van der Waals surface area (Å²) in [5.74, 6) is -1.98. The van der Waals surface area contributed by atoms with E-state index in [2.05, 4.69) is 16.1 Å². The van der Waals surface area contributed by atoms with E-state index in [4.69, 9.17) is 27.9 Å². The van der Waals surface area contributed by atoms with Gasteiger partial charge in [0.25, 0.3) is 5.91 Å². The lowest BCUT2D eigenvalue weighted by Crippen LogP contribution is -2.38. The number of carbonyl (C=O) groups excluding carboxylic acids is 3. The van der Waals surface area contributed by atoms with Crippen molar-refractivity contribution < 1.29 is 19.1 Å². The second kappa shape index (κ2) is 8.42. The molecule has 0 bridgehead atoms. The standard InChI is InChI=1S/C19H16Cl2N4O4/c1-22-18(27)19(28)24-25-14(8-10-4-3-5-15(29-2)16(10)25)17(26)23-13-7-6-11(20)9-12(13)21/h3-9H,1-2H3,(H,22,27)(H,23,26)(H,24,28). The predicted molar refractivity (Wildman–Crippen MR) is 111 cm³/mol. The second-order valence-corrected chi connectivity index (χ2v) is 6.71. The SMILES string of the molecule is CNC(=O)C(=O)Nn1c(C(=O)Nc2ccc(Cl)cc2Cl)cc2cccc(OC)c21. The first-order valence-corrected chi connectivity index (χ1v) is 9.09. The Kier molecular flexibility index (Phi) is 5.95. The molecule has 3 rings (SSSR count). The number of ether oxygens (including phenoxy) is 1. The van der Waals surface area contributed by atoms with Crippen LogP contribution in [0.15, 0.2) is 42.5 Å². The number of aromatic nitrogens is 1. The summed E-state index contributed by atoms with van der Waals surface area (Å²) < 4.78 is 6.54. The molecule has 0 atom stereocenters. The minimum Gasteiger partial charge on any atom is -0.494 e. The van der Waals surface area contributed by atoms with Gasteiger partial charge in [0.2, 0.25) is 0 Å². The molecule has 0 saturated heterocycles. The molecule has 2 aromatic carbocycles. The lowest BCUT2D eigenvalue weighted by atomic mass is 10.2. The van der Waals surface area contributed by atoms with Gasteiger partial charge in [-0.05, 0) is 30.3 Å². The molecule has 0 saturated carbocycles. The summed E-state index contributed by atoms with van der Waals surface area (Å²) in [5, 5.41) is 6.19. The number of amides is 3. The van der Waals surface area contributed by atoms with E-state index in [1.54, 1.807) is 36.4 Å². The van der Waals surface area contributed by atoms with Crippen molar-refractivity contribution in [3.63, 3.8) is 0 Å². The Morgan fingerprint density at radius 1 is 1.03 bits per heavy atom. The molecule has 8 nitrogen and oxygen atoms in total. The van der Waals surface area contributed by atoms with Gasteiger partial charge in [-0.25, -0.2) is 4.68 Å². The van der Waals surface area contributed by atoms with Gasteiger partial charge in [0.1, 0.15) is 17.0 Å². The number of carbonyl (C=O) groups is 3. The molecule has 0 radical (unpaired) electrons. The Bertz CT molecular complexity index is 1130. The van der Waals surface area contributed by atoms with E-state index < -0.39 is 17.7 Å². The van der Waals surface area contributed by atoms with Gasteiger partial charge in [0, 0.05) is 17.5 Å². The molecule has 10 heteroatoms. The number of hydrogen-bond acceptors (Lipinski definition) is 4. The summed E-state index contributed by atoms with van der Waals surface area (Å²) in [6, 6.07) is 11.3. The number of rotatable bonds is 4. The Balaban J connectivity index is 2.08. The lowest BCUT2D eigenvalue weighted by Gasteiger charge is -2.14. The molecule has 3 aromatic rings. The van der Waals surface area contributed by atoms with Crippen molar-refractivity contribution in [2.75, 3.05) is 24.9 Å². The van der Waals surface area contributed by atoms with Crippen LogP contribution < -0.4 is 20.8 Å². The second-order valence-electron chi connectivity index (χ2n) is 5.86. The molecular formula is C19H16Cl2N4O4. The average Bonchev–Trinajstić information content (AvgIpc) is 3.08. The van der Waals surface area contributed by atoms with E-state index in [1.807, 2.05) is 0 Å². The van der Waals surface area contributed by atoms with E-state index in [-0.39, 0.29) is 10.7 Å². The van der Waals surface area contributed by atoms with Crippen LogP contribution >= 0.6 is 23.2 Å². The number of hydrogen-bond donors (Lipinski definition) is 3. The van der Waals surface area contributed by atoms with Crippen LogP contribution in [0.3, 0.4) is 0 Å². The first-order valence-electron chi connectivity index (χ1n) is 8.33. The van der Waals surface area contributed by atoms with Crippen molar-refractivity contribution in [3.05, 3.63) is 58.2 Å². The van der Waals surface area contributed by atoms with Gasteiger partial charge in [0.05, 0.1) is 17.8 Å². The van der Waals surface area contributed by atoms with E-state index in [0.717, 1.165) is 0 Å². The van der Waals surface area contributed by atoms with Crippen molar-refractivity contribution in [2.24, 2.45) is 0 Å². The van der Waals surface area contributed by atoms with Gasteiger partial charge in [0.15, 0.2) is 0 Å². The average molecular weight is 435 g/mol. The highest BCUT2D eigenvalue weighted by Gasteiger charge is 2.22. The number of benzene rings is 2. The number of likely N-dealkylation sites (N-methyl/N-ethyl adjacent to an activating group) is 1. The first kappa shape index (κ1) is 20.5. The first-order chi connectivity index (χ1) is 13.8. The van der Waals surface area contributed by atoms with Crippen molar-refractivity contribution in [1.29, 1.82) is 0 Å². The highest BCUT2D eigenvalue weighted by Crippen LogP contribution is 2.30. The minimum atomic E-state index is -0.950. The zero-order valence-electron chi connectivity index (χ0n) is 15.4. The van der Waals surface area contributed by atoms with Crippen LogP contribution in [0, 0.1) is 0 Å². The van der Waals surface area contributed by atoms with Gasteiger partial charge < -0.3 is 15.4 Å². The third kappa shape index (κ3) is 4.13. The quantitative estimate of drug-likeness (QED) is 0.549. The van der Waals surface area contributed by atoms with Crippen molar-refractivity contribution >= 4 is 57.5 Å². The number of para-hydroxylation sites is 1. The number of nitrogens with one attached hydrogen (secondary N) is 3. The third-order valence-corrected chi connectivity index (χ3v) is 4.61. The van der Waals surface area contributed by atoms with E-state index >= 15 is 0 Å². The fourth-order valence-corrected chi connectivity index (χ4v) is 3.17. The molecule has 0 fully saturated rings. The van der Waals surface area contributed by atoms with Crippen LogP contribution in [0.4, 0.5) is 5.69 Å². The van der Waals surface area contributed by atoms with Crippen LogP contribution in [0.1, 0.15) is 10.5 Å². The maximum absolute atomic E-state index is 12.9. The van der Waals surface area contributed by atoms with Crippen molar-refractivity contribution in [1.82, 2.24) is 9.99 Å². The molecule has 0 unspecified atom stereocenters. The summed E-state index contributed by atoms with van der Waals surface area (Å²) in [5.41, 5.74) is 3.23. The van der Waals surface area contributed by atoms with Gasteiger partial charge in [-0.3, -0.25) is 19.8 Å². The van der Waals surface area contributed by atoms with Crippen LogP contribution in [-0.4, -0.2) is 36.6 Å². The zero-order valence-corrected chi connectivity index (χ0v) is 16.9. The monoisotopic (exact) mass is 434 g/mol. The largest absolute Gasteiger partial charge is 0.494 e. The fourth-order valence-electron chi connectivity index (χ4n) is 2.72. The van der Waals surface area contributed by atoms with E-state index in [9.17, 15) is 14.4 Å². The van der Waals surface area contributed by atoms with Gasteiger partial charge in [-0.15, -0.1) is 0 Å². The molecule has 0 spiro atoms. The Morgan fingerprint density at radius 3 is 2.45 bits per heavy atom. The Morgan fingerprint density at radius 2 is 1.79 bits per heavy atom. The summed E-state index contributed by atoms with van der Waals surface area (Å²) in [6.07, 6.45) is 0. The van der Waals surface area contributed by atoms with Crippen LogP contribution in [0.2, 0.25) is 10.0 Å². The topological polar surface area (TPSA) is 101 Å². The lowest BCUT2D eigenvalue weighted by molar-refractivity contribution is -0.136. The molecule has 1 heterocycles. The Hall–Kier alpha value is -3.23. The summed E-state index contributed by atoms with van der Waals surface area (Å²) in [4.78, 5) is 36.8. The molecule has 0 aliphatic carbocycles. The fraction of sp³-hybridized carbons (Fsp3) is 0.105. The number of methoxy groups -OCH3 is 1. The number of anilines is 1. The number of nitrogens with zero attached hydrogens (tertiary/aromatic N) is 1. The Labute approximate surface area is 175 Å². The molecule has 3 N–H and O–H groups in total. The smallest absolute Gasteiger partial charge is 0.328 e. The highest BCUT2D eigenvalue weighted by molar-refractivity contribution is 6.38. The van der Waals surface area contributed by atoms with E-state index in [0.29, 0.717) is 27.4 Å². The zero-order chi connectivity index (χ0) is 21.1. The third-order valence-electron chi connectivity index (χ3n) is 4.07. The molecule has 0 aliphatic heterocycles. The predicted octanol–water partition coefficient (Wildman–Crippen LogP) is 3.03. The molecule has 1 aromatic heterocycles. The minimum absolute atomic E-state index is 0.0627. The molecule has 3 amide bonds. The maximum atomic E-state index is 12.9. The van der Waals surface area contributed by atoms with Crippen LogP contribution in [-0.2, 0) is 9.59 Å². The van der Waals surface area contributed by atoms with Gasteiger partial charge in [-0.1, -0.05) is 35.3 Å². The van der Waals surface area contributed by atoms with Crippen molar-refractivity contribution in [3.8, 4) is 5.75 Å². The maximum Gasteiger partial charge on any atom is 0.328 e. The summed E-state index contributed by atoms with van der Waals surface area (Å²) >= 11 is 12.0. The summed E-state index contributed by atoms with van der Waals surface area (Å²) in [7, 11) is 2.78. The molecular weight excluding hydrogens is 419 g/mol. The van der Waals surface area contributed by atoms with Crippen molar-refractivity contribution in [2.45, 2.75) is 0 Å². The highest BCUT2D eigenvalue weighted by atomic mass is 35.5. The van der Waals surface area contributed by atoms with Crippen LogP contribution in [0.5, 0.6) is 5.75 Å². The van der Waals surface area contributed by atoms with Gasteiger partial charge in [-0.2, -0.15) is 0 Å². The molecule has 150 valence electrons. The van der Waals surface area contributed by atoms with Gasteiger partial charge >= 0.3 is 11.8 Å². The number of fused-ring (bicyclic) bond motifs is 1. The normalized spacial score (nSPS) is 10.5. The van der Waals surface area contributed by atoms with E-state index in [1.165, 1.54) is 24.9 Å². The summed E-state index contributed by atoms with van der Waals surface area (Å²) in [6.45, 7) is 0. The molecule has 0 aliphatic rings. The molecule has 29 heavy (non-hydrogen) atoms. The number of halogens is 2.